The summed E-state index contributed by atoms with van der Waals surface area (Å²) >= 11 is 0. The molecule has 0 spiro atoms. The molecular weight excluding hydrogens is 340 g/mol. The summed E-state index contributed by atoms with van der Waals surface area (Å²) in [5, 5.41) is 20.6. The van der Waals surface area contributed by atoms with Crippen molar-refractivity contribution in [2.45, 2.75) is 50.7 Å². The minimum atomic E-state index is -1.42. The number of hydrogen-bond donors (Lipinski definition) is 4. The zero-order valence-corrected chi connectivity index (χ0v) is 14.4. The third-order valence-corrected chi connectivity index (χ3v) is 4.64. The molecule has 0 bridgehead atoms. The molecule has 5 N–H and O–H groups in total. The van der Waals surface area contributed by atoms with E-state index in [1.165, 1.54) is 30.7 Å². The average Bonchev–Trinajstić information content (AvgIpc) is 2.66. The number of amides is 2. The van der Waals surface area contributed by atoms with E-state index in [1.807, 2.05) is 0 Å². The summed E-state index contributed by atoms with van der Waals surface area (Å²) in [6.45, 7) is 0. The number of aliphatic hydroxyl groups excluding tert-OH is 1. The summed E-state index contributed by atoms with van der Waals surface area (Å²) in [6.07, 6.45) is 4.75. The summed E-state index contributed by atoms with van der Waals surface area (Å²) in [5.74, 6) is -1.03. The molecule has 2 amide bonds. The van der Waals surface area contributed by atoms with Crippen LogP contribution in [0.25, 0.3) is 0 Å². The highest BCUT2D eigenvalue weighted by molar-refractivity contribution is 5.96. The van der Waals surface area contributed by atoms with Gasteiger partial charge in [-0.15, -0.1) is 0 Å². The van der Waals surface area contributed by atoms with E-state index in [2.05, 4.69) is 10.9 Å². The van der Waals surface area contributed by atoms with E-state index < -0.39 is 28.9 Å². The highest BCUT2D eigenvalue weighted by Gasteiger charge is 2.26. The molecule has 1 unspecified atom stereocenters. The lowest BCUT2D eigenvalue weighted by Gasteiger charge is -2.26. The molecule has 142 valence electrons. The molecule has 1 fully saturated rings. The SMILES string of the molecule is N[C@H](CC1CCCCC1)C(O)C(=O)NNC(=O)c1ccc([N+](=O)[O-])cc1. The van der Waals surface area contributed by atoms with Gasteiger partial charge in [-0.05, 0) is 24.5 Å². The van der Waals surface area contributed by atoms with E-state index in [-0.39, 0.29) is 11.3 Å². The highest BCUT2D eigenvalue weighted by Crippen LogP contribution is 2.27. The lowest BCUT2D eigenvalue weighted by Crippen LogP contribution is -2.52. The maximum absolute atomic E-state index is 12.0. The molecule has 9 nitrogen and oxygen atoms in total. The first kappa shape index (κ1) is 19.8. The van der Waals surface area contributed by atoms with Crippen LogP contribution in [0.1, 0.15) is 48.9 Å². The zero-order chi connectivity index (χ0) is 19.1. The first-order valence-corrected chi connectivity index (χ1v) is 8.66. The number of hydrogen-bond acceptors (Lipinski definition) is 6. The summed E-state index contributed by atoms with van der Waals surface area (Å²) in [5.41, 5.74) is 10.2. The summed E-state index contributed by atoms with van der Waals surface area (Å²) in [6, 6.07) is 4.21. The standard InChI is InChI=1S/C17H24N4O5/c18-14(10-11-4-2-1-3-5-11)15(22)17(24)20-19-16(23)12-6-8-13(9-7-12)21(25)26/h6-9,11,14-15,22H,1-5,10,18H2,(H,19,23)(H,20,24)/t14-,15?/m1/s1. The van der Waals surface area contributed by atoms with Gasteiger partial charge in [-0.3, -0.25) is 30.6 Å². The second-order valence-electron chi connectivity index (χ2n) is 6.60. The normalized spacial score (nSPS) is 17.2. The number of rotatable bonds is 6. The number of nitrogens with one attached hydrogen (secondary N) is 2. The van der Waals surface area contributed by atoms with Crippen LogP contribution in [0, 0.1) is 16.0 Å². The molecule has 9 heteroatoms. The Morgan fingerprint density at radius 1 is 1.19 bits per heavy atom. The fourth-order valence-electron chi connectivity index (χ4n) is 3.13. The van der Waals surface area contributed by atoms with Crippen LogP contribution in [0.15, 0.2) is 24.3 Å². The van der Waals surface area contributed by atoms with Gasteiger partial charge in [0.2, 0.25) is 0 Å². The van der Waals surface area contributed by atoms with Crippen molar-refractivity contribution in [2.75, 3.05) is 0 Å². The largest absolute Gasteiger partial charge is 0.382 e. The van der Waals surface area contributed by atoms with E-state index in [4.69, 9.17) is 5.73 Å². The van der Waals surface area contributed by atoms with Crippen molar-refractivity contribution in [3.05, 3.63) is 39.9 Å². The van der Waals surface area contributed by atoms with Gasteiger partial charge in [0.05, 0.1) is 4.92 Å². The van der Waals surface area contributed by atoms with Crippen molar-refractivity contribution < 1.29 is 19.6 Å². The lowest BCUT2D eigenvalue weighted by molar-refractivity contribution is -0.384. The van der Waals surface area contributed by atoms with Gasteiger partial charge in [0, 0.05) is 23.7 Å². The zero-order valence-electron chi connectivity index (χ0n) is 14.4. The van der Waals surface area contributed by atoms with Gasteiger partial charge in [0.1, 0.15) is 6.10 Å². The number of nitro groups is 1. The first-order valence-electron chi connectivity index (χ1n) is 8.66. The summed E-state index contributed by atoms with van der Waals surface area (Å²) in [4.78, 5) is 33.9. The Balaban J connectivity index is 1.80. The molecule has 0 aromatic heterocycles. The van der Waals surface area contributed by atoms with Crippen molar-refractivity contribution >= 4 is 17.5 Å². The van der Waals surface area contributed by atoms with Gasteiger partial charge in [-0.2, -0.15) is 0 Å². The van der Waals surface area contributed by atoms with Gasteiger partial charge in [-0.25, -0.2) is 0 Å². The molecule has 1 aliphatic carbocycles. The molecule has 0 heterocycles. The fourth-order valence-corrected chi connectivity index (χ4v) is 3.13. The molecule has 1 aromatic rings. The van der Waals surface area contributed by atoms with Crippen molar-refractivity contribution in [2.24, 2.45) is 11.7 Å². The molecular formula is C17H24N4O5. The number of hydrazine groups is 1. The monoisotopic (exact) mass is 364 g/mol. The first-order chi connectivity index (χ1) is 12.4. The van der Waals surface area contributed by atoms with E-state index >= 15 is 0 Å². The van der Waals surface area contributed by atoms with Crippen molar-refractivity contribution in [3.63, 3.8) is 0 Å². The molecule has 26 heavy (non-hydrogen) atoms. The molecule has 2 rings (SSSR count). The van der Waals surface area contributed by atoms with Gasteiger partial charge in [-0.1, -0.05) is 32.1 Å². The molecule has 1 aliphatic rings. The lowest BCUT2D eigenvalue weighted by atomic mass is 9.84. The third kappa shape index (κ3) is 5.50. The maximum Gasteiger partial charge on any atom is 0.269 e. The summed E-state index contributed by atoms with van der Waals surface area (Å²) < 4.78 is 0. The van der Waals surface area contributed by atoms with E-state index in [0.717, 1.165) is 25.7 Å². The molecule has 0 saturated heterocycles. The fraction of sp³-hybridized carbons (Fsp3) is 0.529. The predicted molar refractivity (Wildman–Crippen MR) is 93.9 cm³/mol. The number of nitro benzene ring substituents is 1. The van der Waals surface area contributed by atoms with Crippen LogP contribution in [0.4, 0.5) is 5.69 Å². The van der Waals surface area contributed by atoms with Crippen LogP contribution < -0.4 is 16.6 Å². The van der Waals surface area contributed by atoms with Gasteiger partial charge in [0.15, 0.2) is 0 Å². The van der Waals surface area contributed by atoms with Crippen LogP contribution in [-0.4, -0.2) is 34.0 Å². The number of nitrogens with two attached hydrogens (primary N) is 1. The Hall–Kier alpha value is -2.52. The average molecular weight is 364 g/mol. The van der Waals surface area contributed by atoms with Gasteiger partial charge in [0.25, 0.3) is 17.5 Å². The molecule has 1 saturated carbocycles. The Morgan fingerprint density at radius 2 is 1.81 bits per heavy atom. The number of aliphatic hydroxyl groups is 1. The second-order valence-corrected chi connectivity index (χ2v) is 6.60. The molecule has 0 radical (unpaired) electrons. The third-order valence-electron chi connectivity index (χ3n) is 4.64. The van der Waals surface area contributed by atoms with Crippen molar-refractivity contribution in [1.82, 2.24) is 10.9 Å². The quantitative estimate of drug-likeness (QED) is 0.437. The van der Waals surface area contributed by atoms with Gasteiger partial charge >= 0.3 is 0 Å². The Bertz CT molecular complexity index is 643. The van der Waals surface area contributed by atoms with Crippen LogP contribution in [-0.2, 0) is 4.79 Å². The van der Waals surface area contributed by atoms with Gasteiger partial charge < -0.3 is 10.8 Å². The Kier molecular flexibility index (Phi) is 7.05. The van der Waals surface area contributed by atoms with Crippen LogP contribution >= 0.6 is 0 Å². The highest BCUT2D eigenvalue weighted by atomic mass is 16.6. The van der Waals surface area contributed by atoms with E-state index in [1.54, 1.807) is 0 Å². The minimum Gasteiger partial charge on any atom is -0.382 e. The number of benzene rings is 1. The molecule has 2 atom stereocenters. The van der Waals surface area contributed by atoms with E-state index in [0.29, 0.717) is 12.3 Å². The van der Waals surface area contributed by atoms with Crippen LogP contribution in [0.5, 0.6) is 0 Å². The number of nitrogens with zero attached hydrogens (tertiary/aromatic N) is 1. The molecule has 1 aromatic carbocycles. The Labute approximate surface area is 151 Å². The number of carbonyl (C=O) groups is 2. The predicted octanol–water partition coefficient (Wildman–Crippen LogP) is 1.01. The summed E-state index contributed by atoms with van der Waals surface area (Å²) in [7, 11) is 0. The van der Waals surface area contributed by atoms with Crippen LogP contribution in [0.2, 0.25) is 0 Å². The molecule has 0 aliphatic heterocycles. The van der Waals surface area contributed by atoms with Crippen LogP contribution in [0.3, 0.4) is 0 Å². The Morgan fingerprint density at radius 3 is 2.38 bits per heavy atom. The van der Waals surface area contributed by atoms with Crippen molar-refractivity contribution in [1.29, 1.82) is 0 Å². The number of non-ortho nitro benzene ring substituents is 1. The smallest absolute Gasteiger partial charge is 0.269 e. The van der Waals surface area contributed by atoms with Crippen molar-refractivity contribution in [3.8, 4) is 0 Å². The minimum absolute atomic E-state index is 0.136. The second kappa shape index (κ2) is 9.25. The topological polar surface area (TPSA) is 148 Å². The maximum atomic E-state index is 12.0. The number of carbonyl (C=O) groups excluding carboxylic acids is 2. The van der Waals surface area contributed by atoms with E-state index in [9.17, 15) is 24.8 Å².